The van der Waals surface area contributed by atoms with Gasteiger partial charge in [0.25, 0.3) is 0 Å². The molecule has 4 fully saturated rings. The average Bonchev–Trinajstić information content (AvgIpc) is 1.60. The fourth-order valence-corrected chi connectivity index (χ4v) is 28.3. The molecule has 0 aromatic heterocycles. The molecule has 12 aromatic carbocycles. The van der Waals surface area contributed by atoms with Crippen molar-refractivity contribution in [2.24, 2.45) is 0 Å². The first-order chi connectivity index (χ1) is 69.7. The van der Waals surface area contributed by atoms with Crippen LogP contribution in [0.5, 0.6) is 23.0 Å². The number of halogens is 8. The summed E-state index contributed by atoms with van der Waals surface area (Å²) in [5, 5.41) is 0. The summed E-state index contributed by atoms with van der Waals surface area (Å²) in [6, 6.07) is 99.4. The maximum atomic E-state index is 5.82. The van der Waals surface area contributed by atoms with E-state index in [0.29, 0.717) is 0 Å². The quantitative estimate of drug-likeness (QED) is 0.0464. The van der Waals surface area contributed by atoms with Crippen molar-refractivity contribution >= 4 is 119 Å². The van der Waals surface area contributed by atoms with Crippen LogP contribution in [0.1, 0.15) is 280 Å². The van der Waals surface area contributed by atoms with Gasteiger partial charge < -0.3 is 19.6 Å². The third kappa shape index (κ3) is 35.7. The van der Waals surface area contributed by atoms with Gasteiger partial charge in [-0.25, -0.2) is 26.2 Å². The molecule has 0 spiro atoms. The van der Waals surface area contributed by atoms with Crippen molar-refractivity contribution in [2.45, 2.75) is 314 Å². The Hall–Kier alpha value is -6.67. The van der Waals surface area contributed by atoms with Gasteiger partial charge in [0.1, 0.15) is 0 Å². The molecule has 0 amide bonds. The molecule has 808 valence electrons. The Bertz CT molecular complexity index is 6040. The number of hydrogen-bond donors (Lipinski definition) is 0. The van der Waals surface area contributed by atoms with Crippen LogP contribution in [0.4, 0.5) is 22.7 Å². The van der Waals surface area contributed by atoms with E-state index < -0.39 is 54.1 Å². The molecule has 8 nitrogen and oxygen atoms in total. The van der Waals surface area contributed by atoms with Gasteiger partial charge in [0.2, 0.25) is 0 Å². The van der Waals surface area contributed by atoms with E-state index in [9.17, 15) is 0 Å². The van der Waals surface area contributed by atoms with Crippen LogP contribution in [-0.2, 0) is 95.0 Å². The van der Waals surface area contributed by atoms with Crippen molar-refractivity contribution in [2.75, 3.05) is 19.6 Å². The summed E-state index contributed by atoms with van der Waals surface area (Å²) in [5.74, 6) is 3.40. The van der Waals surface area contributed by atoms with Gasteiger partial charge in [0, 0.05) is 44.9 Å². The van der Waals surface area contributed by atoms with E-state index in [1.54, 1.807) is 0 Å². The predicted octanol–water partition coefficient (Wildman–Crippen LogP) is 36.9. The van der Waals surface area contributed by atoms with Gasteiger partial charge in [0.05, 0.1) is 0 Å². The largest absolute Gasteiger partial charge is 0.517 e. The van der Waals surface area contributed by atoms with E-state index >= 15 is 0 Å². The Morgan fingerprint density at radius 1 is 0.257 bits per heavy atom. The van der Waals surface area contributed by atoms with Crippen LogP contribution in [-0.4, -0.2) is 65.0 Å². The molecule has 20 heteroatoms. The van der Waals surface area contributed by atoms with Crippen molar-refractivity contribution in [1.82, 2.24) is 0 Å². The summed E-state index contributed by atoms with van der Waals surface area (Å²) in [6.45, 7) is 74.2. The number of para-hydroxylation sites is 7. The summed E-state index contributed by atoms with van der Waals surface area (Å²) >= 11 is -7.08. The third-order valence-electron chi connectivity index (χ3n) is 26.8. The topological polar surface area (TPSA) is 49.9 Å². The van der Waals surface area contributed by atoms with E-state index in [4.69, 9.17) is 96.5 Å². The Balaban J connectivity index is 0.000000190. The standard InChI is InChI=1S/C23H30N.2C22H28N.C21H26N.4C10H12O.8ClH.4Ru/c1-6-18-12-11-13-19(7-2)21(18)24-17-23(5,16-22(24,3)4)20-14-9-8-10-15-20;1-16-12-17(2)20(18(3)13-16)23-15-22(6,14-21(23,4)5)19-10-8-7-9-11-19;1-6-18-12-10-11-17(2)20(18)23-16-22(5,15-21(23,3)4)19-13-8-7-9-14-19;1-16-10-9-11-17(2)19(16)22-15-21(5,14-20(22,3)4)18-12-7-6-8-13-18;4*1-8(2)11-10-7-5-4-6-9(10)3;;;;;;;;;;;;/h8-15,17H,6-7,16H2,1-5H3;7-13,15H,14H2,1-6H3;7-14,16H,6,15H2,1-5H3;6-13,15H,14H2,1-5H3;4*3-8H,1-2H3;8*1H;;;;/q4*-1;;;;;;;;;;;;;4*+2/p-8. The molecular weight excluding hydrogens is 2350 g/mol. The van der Waals surface area contributed by atoms with E-state index in [1.807, 2.05) is 171 Å². The van der Waals surface area contributed by atoms with Gasteiger partial charge in [-0.3, -0.25) is 0 Å². The minimum atomic E-state index is -1.77. The third-order valence-corrected chi connectivity index (χ3v) is 34.1. The van der Waals surface area contributed by atoms with Gasteiger partial charge in [-0.1, -0.05) is 264 Å². The number of ether oxygens (including phenoxy) is 4. The fraction of sp³-hybridized carbons (Fsp3) is 0.375. The SMILES string of the molecule is CC(C)Oc1ccccc1[CH]=[Ru]([Cl])[Cl].CC(C)Oc1ccccc1[CH]=[Ru]([Cl])[Cl].CC(C)Oc1ccccc1[CH]=[Ru]([Cl])[Cl].CC(C)Oc1ccccc1[CH]=[Ru]([Cl])[Cl].CCc1cccc(C)c1N1[CH-]C(C)(c2ccccc2)CC1(C)C.CCc1cccc(CC)c1N1[CH-]C(C)(c2ccccc2)CC1(C)C.Cc1cc(C)c(N2[CH-]C(C)(c3ccccc3)CC2(C)C)c(C)c1.Cc1cccc(C)c1N1[CH-]C(C)(c2ccccc2)CC1(C)C. The molecule has 4 atom stereocenters. The van der Waals surface area contributed by atoms with Crippen LogP contribution in [0, 0.1) is 67.7 Å². The van der Waals surface area contributed by atoms with Crippen molar-refractivity contribution in [3.8, 4) is 23.0 Å². The second kappa shape index (κ2) is 57.2. The van der Waals surface area contributed by atoms with Gasteiger partial charge >= 0.3 is 391 Å². The van der Waals surface area contributed by atoms with E-state index in [1.165, 1.54) is 95.1 Å². The number of aryl methyl sites for hydroxylation is 9. The molecule has 4 saturated heterocycles. The van der Waals surface area contributed by atoms with Crippen molar-refractivity contribution in [3.05, 3.63) is 406 Å². The van der Waals surface area contributed by atoms with Crippen LogP contribution in [0.25, 0.3) is 0 Å². The Morgan fingerprint density at radius 3 is 0.689 bits per heavy atom. The van der Waals surface area contributed by atoms with Crippen molar-refractivity contribution in [3.63, 3.8) is 0 Å². The van der Waals surface area contributed by atoms with Gasteiger partial charge in [-0.15, -0.1) is 21.7 Å². The average molecular weight is 2510 g/mol. The summed E-state index contributed by atoms with van der Waals surface area (Å²) in [7, 11) is 46.5. The Morgan fingerprint density at radius 2 is 0.453 bits per heavy atom. The van der Waals surface area contributed by atoms with E-state index in [0.717, 1.165) is 90.2 Å². The molecular formula is C128H160Cl8N4O4Ru4-4. The minimum Gasteiger partial charge on any atom is -0.517 e. The first kappa shape index (κ1) is 125. The maximum Gasteiger partial charge on any atom is 0.0140 e. The smallest absolute Gasteiger partial charge is 0.0140 e. The summed E-state index contributed by atoms with van der Waals surface area (Å²) in [6.07, 6.45) is 8.37. The number of rotatable bonds is 23. The van der Waals surface area contributed by atoms with Crippen LogP contribution in [0.2, 0.25) is 0 Å². The van der Waals surface area contributed by atoms with Crippen molar-refractivity contribution in [1.29, 1.82) is 0 Å². The first-order valence-corrected chi connectivity index (χ1v) is 73.2. The summed E-state index contributed by atoms with van der Waals surface area (Å²) in [4.78, 5) is 10.1. The van der Waals surface area contributed by atoms with Crippen LogP contribution in [0.15, 0.2) is 285 Å². The second-order valence-corrected chi connectivity index (χ2v) is 66.1. The number of anilines is 4. The predicted molar refractivity (Wildman–Crippen MR) is 636 cm³/mol. The van der Waals surface area contributed by atoms with Crippen LogP contribution in [0.3, 0.4) is 0 Å². The molecule has 0 aliphatic carbocycles. The molecule has 0 radical (unpaired) electrons. The zero-order valence-corrected chi connectivity index (χ0v) is 105. The second-order valence-electron chi connectivity index (χ2n) is 43.2. The van der Waals surface area contributed by atoms with E-state index in [-0.39, 0.29) is 68.2 Å². The zero-order chi connectivity index (χ0) is 109. The number of benzene rings is 12. The Kier molecular flexibility index (Phi) is 48.2. The van der Waals surface area contributed by atoms with Gasteiger partial charge in [-0.2, -0.15) is 0 Å². The zero-order valence-electron chi connectivity index (χ0n) is 92.4. The molecule has 12 aromatic rings. The molecule has 4 unspecified atom stereocenters. The molecule has 4 heterocycles. The first-order valence-electron chi connectivity index (χ1n) is 51.2. The normalized spacial score (nSPS) is 18.8. The van der Waals surface area contributed by atoms with Crippen LogP contribution >= 0.6 is 77.5 Å². The van der Waals surface area contributed by atoms with Gasteiger partial charge in [-0.05, 0) is 186 Å². The molecule has 0 bridgehead atoms. The molecule has 0 N–H and O–H groups in total. The van der Waals surface area contributed by atoms with E-state index in [2.05, 4.69) is 379 Å². The van der Waals surface area contributed by atoms with Crippen molar-refractivity contribution < 1.29 is 73.0 Å². The van der Waals surface area contributed by atoms with Crippen LogP contribution < -0.4 is 38.5 Å². The van der Waals surface area contributed by atoms with Gasteiger partial charge in [0.15, 0.2) is 0 Å². The summed E-state index contributed by atoms with van der Waals surface area (Å²) < 4.78 is 30.1. The number of hydrogen-bond acceptors (Lipinski definition) is 8. The molecule has 4 aliphatic rings. The Labute approximate surface area is 944 Å². The minimum absolute atomic E-state index is 0.0779. The molecule has 0 saturated carbocycles. The number of nitrogens with zero attached hydrogens (tertiary/aromatic N) is 4. The molecule has 148 heavy (non-hydrogen) atoms. The monoisotopic (exact) mass is 2500 g/mol. The summed E-state index contributed by atoms with van der Waals surface area (Å²) in [5.41, 5.74) is 28.4. The molecule has 4 aliphatic heterocycles. The molecule has 16 rings (SSSR count). The maximum absolute atomic E-state index is 5.82. The fourth-order valence-electron chi connectivity index (χ4n) is 21.1.